The van der Waals surface area contributed by atoms with Crippen LogP contribution in [0.2, 0.25) is 0 Å². The van der Waals surface area contributed by atoms with E-state index in [0.717, 1.165) is 19.3 Å². The molecule has 28 heavy (non-hydrogen) atoms. The van der Waals surface area contributed by atoms with E-state index in [9.17, 15) is 9.59 Å². The number of benzene rings is 2. The van der Waals surface area contributed by atoms with E-state index < -0.39 is 12.1 Å². The van der Waals surface area contributed by atoms with Crippen LogP contribution in [0.5, 0.6) is 11.5 Å². The van der Waals surface area contributed by atoms with Crippen molar-refractivity contribution in [3.63, 3.8) is 0 Å². The SMILES string of the molecule is COc1cccc(C(=O)O[C@H](C(=O)N2CCCCC2)c2ccccc2)c1OC. The van der Waals surface area contributed by atoms with Crippen molar-refractivity contribution in [2.24, 2.45) is 0 Å². The van der Waals surface area contributed by atoms with Gasteiger partial charge in [-0.3, -0.25) is 4.79 Å². The van der Waals surface area contributed by atoms with Crippen LogP contribution in [0, 0.1) is 0 Å². The second kappa shape index (κ2) is 9.26. The highest BCUT2D eigenvalue weighted by atomic mass is 16.6. The summed E-state index contributed by atoms with van der Waals surface area (Å²) in [4.78, 5) is 27.8. The molecule has 1 fully saturated rings. The molecule has 2 aromatic rings. The van der Waals surface area contributed by atoms with Crippen molar-refractivity contribution in [3.8, 4) is 11.5 Å². The van der Waals surface area contributed by atoms with Gasteiger partial charge in [-0.15, -0.1) is 0 Å². The molecule has 0 aliphatic carbocycles. The predicted octanol–water partition coefficient (Wildman–Crippen LogP) is 3.61. The first kappa shape index (κ1) is 19.7. The molecule has 6 heteroatoms. The number of hydrogen-bond acceptors (Lipinski definition) is 5. The molecule has 0 bridgehead atoms. The molecule has 148 valence electrons. The highest BCUT2D eigenvalue weighted by molar-refractivity contribution is 5.96. The first-order valence-corrected chi connectivity index (χ1v) is 9.41. The fraction of sp³-hybridized carbons (Fsp3) is 0.364. The monoisotopic (exact) mass is 383 g/mol. The smallest absolute Gasteiger partial charge is 0.343 e. The zero-order chi connectivity index (χ0) is 19.9. The van der Waals surface area contributed by atoms with Crippen LogP contribution in [0.1, 0.15) is 41.3 Å². The topological polar surface area (TPSA) is 65.1 Å². The molecule has 1 aliphatic rings. The van der Waals surface area contributed by atoms with Crippen LogP contribution >= 0.6 is 0 Å². The summed E-state index contributed by atoms with van der Waals surface area (Å²) in [5, 5.41) is 0. The van der Waals surface area contributed by atoms with Crippen LogP contribution in [0.15, 0.2) is 48.5 Å². The van der Waals surface area contributed by atoms with E-state index >= 15 is 0 Å². The van der Waals surface area contributed by atoms with E-state index in [0.29, 0.717) is 24.4 Å². The Balaban J connectivity index is 1.89. The van der Waals surface area contributed by atoms with Crippen molar-refractivity contribution < 1.29 is 23.8 Å². The number of ether oxygens (including phenoxy) is 3. The zero-order valence-electron chi connectivity index (χ0n) is 16.2. The number of amides is 1. The molecule has 0 saturated carbocycles. The summed E-state index contributed by atoms with van der Waals surface area (Å²) < 4.78 is 16.3. The quantitative estimate of drug-likeness (QED) is 0.713. The van der Waals surface area contributed by atoms with E-state index in [4.69, 9.17) is 14.2 Å². The first-order chi connectivity index (χ1) is 13.7. The lowest BCUT2D eigenvalue weighted by Crippen LogP contribution is -2.40. The molecule has 0 unspecified atom stereocenters. The van der Waals surface area contributed by atoms with Gasteiger partial charge < -0.3 is 19.1 Å². The van der Waals surface area contributed by atoms with Gasteiger partial charge in [0.25, 0.3) is 5.91 Å². The van der Waals surface area contributed by atoms with E-state index in [1.165, 1.54) is 14.2 Å². The second-order valence-electron chi connectivity index (χ2n) is 6.62. The first-order valence-electron chi connectivity index (χ1n) is 9.41. The molecule has 3 rings (SSSR count). The minimum Gasteiger partial charge on any atom is -0.493 e. The standard InChI is InChI=1S/C22H25NO5/c1-26-18-13-9-12-17(20(18)27-2)22(25)28-19(16-10-5-3-6-11-16)21(24)23-14-7-4-8-15-23/h3,5-6,9-13,19H,4,7-8,14-15H2,1-2H3/t19-/m0/s1. The van der Waals surface area contributed by atoms with E-state index in [2.05, 4.69) is 0 Å². The molecule has 0 radical (unpaired) electrons. The summed E-state index contributed by atoms with van der Waals surface area (Å²) >= 11 is 0. The molecule has 6 nitrogen and oxygen atoms in total. The molecule has 1 aliphatic heterocycles. The van der Waals surface area contributed by atoms with Crippen LogP contribution in [-0.4, -0.2) is 44.1 Å². The van der Waals surface area contributed by atoms with Crippen LogP contribution in [-0.2, 0) is 9.53 Å². The predicted molar refractivity (Wildman–Crippen MR) is 105 cm³/mol. The van der Waals surface area contributed by atoms with Crippen LogP contribution < -0.4 is 9.47 Å². The van der Waals surface area contributed by atoms with Crippen molar-refractivity contribution in [2.75, 3.05) is 27.3 Å². The summed E-state index contributed by atoms with van der Waals surface area (Å²) in [6.45, 7) is 1.37. The Morgan fingerprint density at radius 2 is 1.61 bits per heavy atom. The van der Waals surface area contributed by atoms with Gasteiger partial charge in [-0.1, -0.05) is 36.4 Å². The Bertz CT molecular complexity index is 815. The summed E-state index contributed by atoms with van der Waals surface area (Å²) in [6.07, 6.45) is 2.04. The summed E-state index contributed by atoms with van der Waals surface area (Å²) in [5.41, 5.74) is 0.863. The Kier molecular flexibility index (Phi) is 6.53. The molecule has 1 heterocycles. The lowest BCUT2D eigenvalue weighted by Gasteiger charge is -2.30. The highest BCUT2D eigenvalue weighted by Gasteiger charge is 2.31. The van der Waals surface area contributed by atoms with Crippen LogP contribution in [0.3, 0.4) is 0 Å². The summed E-state index contributed by atoms with van der Waals surface area (Å²) in [6, 6.07) is 14.1. The lowest BCUT2D eigenvalue weighted by molar-refractivity contribution is -0.142. The van der Waals surface area contributed by atoms with Crippen molar-refractivity contribution in [2.45, 2.75) is 25.4 Å². The van der Waals surface area contributed by atoms with Gasteiger partial charge in [-0.05, 0) is 31.4 Å². The van der Waals surface area contributed by atoms with Crippen molar-refractivity contribution >= 4 is 11.9 Å². The Hall–Kier alpha value is -3.02. The Labute approximate surface area is 165 Å². The average Bonchev–Trinajstić information content (AvgIpc) is 2.77. The fourth-order valence-corrected chi connectivity index (χ4v) is 3.39. The largest absolute Gasteiger partial charge is 0.493 e. The minimum atomic E-state index is -0.997. The average molecular weight is 383 g/mol. The molecule has 1 amide bonds. The number of nitrogens with zero attached hydrogens (tertiary/aromatic N) is 1. The fourth-order valence-electron chi connectivity index (χ4n) is 3.39. The Morgan fingerprint density at radius 3 is 2.25 bits per heavy atom. The van der Waals surface area contributed by atoms with Gasteiger partial charge in [0.15, 0.2) is 11.5 Å². The molecule has 1 saturated heterocycles. The van der Waals surface area contributed by atoms with Gasteiger partial charge in [0.05, 0.1) is 14.2 Å². The molecular formula is C22H25NO5. The number of hydrogen-bond donors (Lipinski definition) is 0. The number of carbonyl (C=O) groups excluding carboxylic acids is 2. The summed E-state index contributed by atoms with van der Waals surface area (Å²) in [7, 11) is 2.96. The normalized spacial score (nSPS) is 14.9. The van der Waals surface area contributed by atoms with Gasteiger partial charge in [-0.25, -0.2) is 4.79 Å². The van der Waals surface area contributed by atoms with Gasteiger partial charge in [0.2, 0.25) is 6.10 Å². The maximum Gasteiger partial charge on any atom is 0.343 e. The number of piperidine rings is 1. The van der Waals surface area contributed by atoms with E-state index in [1.54, 1.807) is 35.2 Å². The van der Waals surface area contributed by atoms with Gasteiger partial charge >= 0.3 is 5.97 Å². The number of likely N-dealkylation sites (tertiary alicyclic amines) is 1. The van der Waals surface area contributed by atoms with Gasteiger partial charge in [-0.2, -0.15) is 0 Å². The van der Waals surface area contributed by atoms with Crippen molar-refractivity contribution in [1.82, 2.24) is 4.90 Å². The van der Waals surface area contributed by atoms with Gasteiger partial charge in [0.1, 0.15) is 5.56 Å². The number of carbonyl (C=O) groups is 2. The van der Waals surface area contributed by atoms with Crippen molar-refractivity contribution in [3.05, 3.63) is 59.7 Å². The minimum absolute atomic E-state index is 0.193. The third kappa shape index (κ3) is 4.27. The lowest BCUT2D eigenvalue weighted by atomic mass is 10.1. The summed E-state index contributed by atoms with van der Waals surface area (Å²) in [5.74, 6) is -0.112. The maximum absolute atomic E-state index is 13.1. The third-order valence-corrected chi connectivity index (χ3v) is 4.84. The molecule has 2 aromatic carbocycles. The highest BCUT2D eigenvalue weighted by Crippen LogP contribution is 2.33. The van der Waals surface area contributed by atoms with E-state index in [1.807, 2.05) is 18.2 Å². The van der Waals surface area contributed by atoms with Gasteiger partial charge in [0, 0.05) is 18.7 Å². The number of rotatable bonds is 6. The molecule has 0 N–H and O–H groups in total. The second-order valence-corrected chi connectivity index (χ2v) is 6.62. The van der Waals surface area contributed by atoms with Crippen LogP contribution in [0.25, 0.3) is 0 Å². The molecule has 0 spiro atoms. The molecule has 0 aromatic heterocycles. The van der Waals surface area contributed by atoms with E-state index in [-0.39, 0.29) is 17.2 Å². The number of methoxy groups -OCH3 is 2. The molecule has 1 atom stereocenters. The Morgan fingerprint density at radius 1 is 0.893 bits per heavy atom. The van der Waals surface area contributed by atoms with Crippen molar-refractivity contribution in [1.29, 1.82) is 0 Å². The third-order valence-electron chi connectivity index (χ3n) is 4.84. The zero-order valence-corrected chi connectivity index (χ0v) is 16.2. The maximum atomic E-state index is 13.1. The molecular weight excluding hydrogens is 358 g/mol. The number of esters is 1. The van der Waals surface area contributed by atoms with Crippen LogP contribution in [0.4, 0.5) is 0 Å². The number of para-hydroxylation sites is 1.